The number of carbonyl (C=O) groups excluding carboxylic acids is 2. The zero-order chi connectivity index (χ0) is 15.2. The largest absolute Gasteiger partial charge is 0.497 e. The van der Waals surface area contributed by atoms with Gasteiger partial charge >= 0.3 is 5.97 Å². The van der Waals surface area contributed by atoms with Gasteiger partial charge < -0.3 is 14.4 Å². The van der Waals surface area contributed by atoms with E-state index in [1.165, 1.54) is 7.11 Å². The van der Waals surface area contributed by atoms with Crippen LogP contribution in [0.2, 0.25) is 0 Å². The van der Waals surface area contributed by atoms with E-state index < -0.39 is 0 Å². The van der Waals surface area contributed by atoms with Crippen LogP contribution >= 0.6 is 0 Å². The van der Waals surface area contributed by atoms with Crippen LogP contribution in [0.3, 0.4) is 0 Å². The van der Waals surface area contributed by atoms with E-state index in [2.05, 4.69) is 0 Å². The number of amides is 1. The molecule has 1 fully saturated rings. The highest BCUT2D eigenvalue weighted by atomic mass is 16.5. The van der Waals surface area contributed by atoms with Crippen LogP contribution in [-0.4, -0.2) is 43.6 Å². The standard InChI is InChI=1S/C16H21NO4/c1-20-14-9-7-12(8-10-14)16(19)17(11-15(18)21-2)13-5-3-4-6-13/h7-10,13H,3-6,11H2,1-2H3. The summed E-state index contributed by atoms with van der Waals surface area (Å²) in [7, 11) is 2.92. The number of benzene rings is 1. The molecule has 2 rings (SSSR count). The van der Waals surface area contributed by atoms with Crippen molar-refractivity contribution in [1.82, 2.24) is 4.90 Å². The summed E-state index contributed by atoms with van der Waals surface area (Å²) in [5, 5.41) is 0. The molecule has 0 aromatic heterocycles. The monoisotopic (exact) mass is 291 g/mol. The van der Waals surface area contributed by atoms with Gasteiger partial charge in [0.15, 0.2) is 0 Å². The molecular weight excluding hydrogens is 270 g/mol. The van der Waals surface area contributed by atoms with E-state index in [1.54, 1.807) is 36.3 Å². The zero-order valence-electron chi connectivity index (χ0n) is 12.5. The molecule has 0 aliphatic heterocycles. The summed E-state index contributed by atoms with van der Waals surface area (Å²) in [6.45, 7) is 0.00598. The molecule has 0 spiro atoms. The van der Waals surface area contributed by atoms with Crippen molar-refractivity contribution in [3.63, 3.8) is 0 Å². The Bertz CT molecular complexity index is 492. The van der Waals surface area contributed by atoms with E-state index >= 15 is 0 Å². The Morgan fingerprint density at radius 3 is 2.29 bits per heavy atom. The van der Waals surface area contributed by atoms with Gasteiger partial charge in [0.05, 0.1) is 14.2 Å². The van der Waals surface area contributed by atoms with E-state index in [1.807, 2.05) is 0 Å². The minimum atomic E-state index is -0.385. The molecule has 0 bridgehead atoms. The van der Waals surface area contributed by atoms with Gasteiger partial charge in [-0.25, -0.2) is 0 Å². The number of esters is 1. The molecule has 0 unspecified atom stereocenters. The third kappa shape index (κ3) is 3.74. The molecule has 1 aliphatic rings. The third-order valence-corrected chi connectivity index (χ3v) is 3.89. The van der Waals surface area contributed by atoms with Crippen molar-refractivity contribution >= 4 is 11.9 Å². The van der Waals surface area contributed by atoms with Crippen molar-refractivity contribution in [1.29, 1.82) is 0 Å². The highest BCUT2D eigenvalue weighted by molar-refractivity contribution is 5.96. The molecule has 0 heterocycles. The quantitative estimate of drug-likeness (QED) is 0.781. The van der Waals surface area contributed by atoms with Crippen molar-refractivity contribution in [2.75, 3.05) is 20.8 Å². The van der Waals surface area contributed by atoms with E-state index in [4.69, 9.17) is 9.47 Å². The normalized spacial score (nSPS) is 14.8. The van der Waals surface area contributed by atoms with Gasteiger partial charge in [0.2, 0.25) is 0 Å². The summed E-state index contributed by atoms with van der Waals surface area (Å²) in [6.07, 6.45) is 4.08. The maximum absolute atomic E-state index is 12.7. The molecule has 114 valence electrons. The Hall–Kier alpha value is -2.04. The second-order valence-corrected chi connectivity index (χ2v) is 5.18. The Balaban J connectivity index is 2.17. The van der Waals surface area contributed by atoms with Crippen LogP contribution in [0.4, 0.5) is 0 Å². The van der Waals surface area contributed by atoms with Crippen molar-refractivity contribution < 1.29 is 19.1 Å². The molecule has 1 aromatic rings. The average molecular weight is 291 g/mol. The van der Waals surface area contributed by atoms with E-state index in [0.717, 1.165) is 25.7 Å². The van der Waals surface area contributed by atoms with Crippen LogP contribution in [0.1, 0.15) is 36.0 Å². The van der Waals surface area contributed by atoms with Crippen LogP contribution < -0.4 is 4.74 Å². The summed E-state index contributed by atoms with van der Waals surface area (Å²) in [5.74, 6) is 0.186. The molecule has 21 heavy (non-hydrogen) atoms. The van der Waals surface area contributed by atoms with Gasteiger partial charge in [-0.2, -0.15) is 0 Å². The number of hydrogen-bond acceptors (Lipinski definition) is 4. The van der Waals surface area contributed by atoms with Crippen LogP contribution in [0.25, 0.3) is 0 Å². The predicted octanol–water partition coefficient (Wildman–Crippen LogP) is 2.25. The summed E-state index contributed by atoms with van der Waals surface area (Å²) >= 11 is 0. The lowest BCUT2D eigenvalue weighted by molar-refractivity contribution is -0.141. The van der Waals surface area contributed by atoms with E-state index in [0.29, 0.717) is 11.3 Å². The van der Waals surface area contributed by atoms with Gasteiger partial charge in [-0.05, 0) is 37.1 Å². The lowest BCUT2D eigenvalue weighted by Crippen LogP contribution is -2.42. The lowest BCUT2D eigenvalue weighted by Gasteiger charge is -2.28. The first-order valence-corrected chi connectivity index (χ1v) is 7.17. The van der Waals surface area contributed by atoms with Gasteiger partial charge in [-0.1, -0.05) is 12.8 Å². The smallest absolute Gasteiger partial charge is 0.325 e. The molecule has 1 aliphatic carbocycles. The second-order valence-electron chi connectivity index (χ2n) is 5.18. The van der Waals surface area contributed by atoms with Crippen molar-refractivity contribution in [3.05, 3.63) is 29.8 Å². The van der Waals surface area contributed by atoms with Crippen molar-refractivity contribution in [2.24, 2.45) is 0 Å². The van der Waals surface area contributed by atoms with Crippen LogP contribution in [0.15, 0.2) is 24.3 Å². The van der Waals surface area contributed by atoms with Crippen LogP contribution in [-0.2, 0) is 9.53 Å². The third-order valence-electron chi connectivity index (χ3n) is 3.89. The highest BCUT2D eigenvalue weighted by Gasteiger charge is 2.29. The number of nitrogens with zero attached hydrogens (tertiary/aromatic N) is 1. The SMILES string of the molecule is COC(=O)CN(C(=O)c1ccc(OC)cc1)C1CCCC1. The van der Waals surface area contributed by atoms with Gasteiger partial charge in [-0.3, -0.25) is 9.59 Å². The molecule has 5 nitrogen and oxygen atoms in total. The van der Waals surface area contributed by atoms with Gasteiger partial charge in [0, 0.05) is 11.6 Å². The van der Waals surface area contributed by atoms with Crippen molar-refractivity contribution in [2.45, 2.75) is 31.7 Å². The molecule has 1 amide bonds. The van der Waals surface area contributed by atoms with E-state index in [9.17, 15) is 9.59 Å². The number of rotatable bonds is 5. The molecule has 0 radical (unpaired) electrons. The Kier molecular flexibility index (Phi) is 5.20. The number of carbonyl (C=O) groups is 2. The minimum Gasteiger partial charge on any atom is -0.497 e. The molecule has 0 saturated heterocycles. The van der Waals surface area contributed by atoms with Crippen LogP contribution in [0.5, 0.6) is 5.75 Å². The minimum absolute atomic E-state index is 0.00598. The summed E-state index contributed by atoms with van der Waals surface area (Å²) in [4.78, 5) is 25.9. The molecular formula is C16H21NO4. The number of ether oxygens (including phenoxy) is 2. The number of hydrogen-bond donors (Lipinski definition) is 0. The second kappa shape index (κ2) is 7.11. The molecule has 0 atom stereocenters. The predicted molar refractivity (Wildman–Crippen MR) is 78.3 cm³/mol. The van der Waals surface area contributed by atoms with Crippen LogP contribution in [0, 0.1) is 0 Å². The van der Waals surface area contributed by atoms with Gasteiger partial charge in [0.1, 0.15) is 12.3 Å². The maximum atomic E-state index is 12.7. The lowest BCUT2D eigenvalue weighted by atomic mass is 10.1. The Labute approximate surface area is 124 Å². The number of methoxy groups -OCH3 is 2. The first-order valence-electron chi connectivity index (χ1n) is 7.17. The van der Waals surface area contributed by atoms with Gasteiger partial charge in [-0.15, -0.1) is 0 Å². The molecule has 5 heteroatoms. The summed E-state index contributed by atoms with van der Waals surface area (Å²) in [5.41, 5.74) is 0.562. The topological polar surface area (TPSA) is 55.8 Å². The zero-order valence-corrected chi connectivity index (χ0v) is 12.5. The fourth-order valence-corrected chi connectivity index (χ4v) is 2.69. The van der Waals surface area contributed by atoms with E-state index in [-0.39, 0.29) is 24.5 Å². The highest BCUT2D eigenvalue weighted by Crippen LogP contribution is 2.25. The maximum Gasteiger partial charge on any atom is 0.325 e. The molecule has 1 aromatic carbocycles. The average Bonchev–Trinajstić information content (AvgIpc) is 3.06. The summed E-state index contributed by atoms with van der Waals surface area (Å²) < 4.78 is 9.80. The van der Waals surface area contributed by atoms with Gasteiger partial charge in [0.25, 0.3) is 5.91 Å². The van der Waals surface area contributed by atoms with Crippen molar-refractivity contribution in [3.8, 4) is 5.75 Å². The first kappa shape index (κ1) is 15.4. The molecule has 1 saturated carbocycles. The fraction of sp³-hybridized carbons (Fsp3) is 0.500. The molecule has 0 N–H and O–H groups in total. The first-order chi connectivity index (χ1) is 10.2. The fourth-order valence-electron chi connectivity index (χ4n) is 2.69. The Morgan fingerprint density at radius 2 is 1.76 bits per heavy atom. The summed E-state index contributed by atoms with van der Waals surface area (Å²) in [6, 6.07) is 7.07. The Morgan fingerprint density at radius 1 is 1.14 bits per heavy atom.